The van der Waals surface area contributed by atoms with Crippen LogP contribution < -0.4 is 10.1 Å². The van der Waals surface area contributed by atoms with Crippen molar-refractivity contribution < 1.29 is 14.3 Å². The number of nitrogens with zero attached hydrogens (tertiary/aromatic N) is 1. The molecule has 2 amide bonds. The van der Waals surface area contributed by atoms with E-state index in [1.807, 2.05) is 32.9 Å². The van der Waals surface area contributed by atoms with Crippen LogP contribution in [0.4, 0.5) is 0 Å². The minimum atomic E-state index is -0.590. The Hall–Kier alpha value is -2.24. The van der Waals surface area contributed by atoms with Crippen molar-refractivity contribution in [3.63, 3.8) is 0 Å². The second-order valence-corrected chi connectivity index (χ2v) is 8.69. The van der Waals surface area contributed by atoms with E-state index < -0.39 is 6.04 Å². The number of amides is 2. The number of benzene rings is 2. The van der Waals surface area contributed by atoms with Gasteiger partial charge in [-0.25, -0.2) is 0 Å². The maximum absolute atomic E-state index is 13.2. The summed E-state index contributed by atoms with van der Waals surface area (Å²) in [6, 6.07) is 10.3. The Morgan fingerprint density at radius 1 is 1.06 bits per heavy atom. The number of aryl methyl sites for hydroxylation is 2. The lowest BCUT2D eigenvalue weighted by molar-refractivity contribution is -0.143. The first-order valence-electron chi connectivity index (χ1n) is 11.0. The number of unbranched alkanes of at least 4 members (excludes halogenated alkanes) is 1. The third-order valence-corrected chi connectivity index (χ3v) is 6.10. The molecule has 2 rings (SSSR count). The van der Waals surface area contributed by atoms with E-state index in [-0.39, 0.29) is 25.0 Å². The molecule has 0 saturated carbocycles. The summed E-state index contributed by atoms with van der Waals surface area (Å²) in [6.07, 6.45) is 2.38. The quantitative estimate of drug-likeness (QED) is 0.420. The third-order valence-electron chi connectivity index (χ3n) is 5.25. The van der Waals surface area contributed by atoms with Crippen molar-refractivity contribution in [3.8, 4) is 5.75 Å². The molecule has 0 radical (unpaired) electrons. The van der Waals surface area contributed by atoms with Gasteiger partial charge >= 0.3 is 0 Å². The molecule has 0 aliphatic rings. The number of carbonyl (C=O) groups is 2. The molecule has 0 spiro atoms. The number of nitrogens with one attached hydrogen (secondary N) is 1. The van der Waals surface area contributed by atoms with Crippen LogP contribution in [0.2, 0.25) is 10.0 Å². The summed E-state index contributed by atoms with van der Waals surface area (Å²) in [5.41, 5.74) is 2.66. The molecule has 32 heavy (non-hydrogen) atoms. The first kappa shape index (κ1) is 26.0. The Morgan fingerprint density at radius 2 is 1.69 bits per heavy atom. The summed E-state index contributed by atoms with van der Waals surface area (Å²) in [6.45, 7) is 8.46. The molecule has 0 fully saturated rings. The standard InChI is InChI=1S/C25H32Cl2N2O3/c1-5-7-12-28-25(31)22(6-2)29(15-19-8-10-20(26)11-9-19)23(30)16-32-21-13-17(3)24(27)18(4)14-21/h8-11,13-14,22H,5-7,12,15-16H2,1-4H3,(H,28,31). The fourth-order valence-electron chi connectivity index (χ4n) is 3.43. The molecule has 2 aromatic carbocycles. The zero-order valence-electron chi connectivity index (χ0n) is 19.2. The molecule has 2 aromatic rings. The van der Waals surface area contributed by atoms with Crippen LogP contribution in [-0.4, -0.2) is 35.9 Å². The molecule has 0 aliphatic carbocycles. The summed E-state index contributed by atoms with van der Waals surface area (Å²) in [5.74, 6) is 0.161. The Balaban J connectivity index is 2.20. The average Bonchev–Trinajstić information content (AvgIpc) is 2.77. The van der Waals surface area contributed by atoms with Gasteiger partial charge in [-0.05, 0) is 67.6 Å². The molecule has 5 nitrogen and oxygen atoms in total. The first-order chi connectivity index (χ1) is 15.3. The largest absolute Gasteiger partial charge is 0.484 e. The third kappa shape index (κ3) is 7.42. The summed E-state index contributed by atoms with van der Waals surface area (Å²) in [5, 5.41) is 4.25. The summed E-state index contributed by atoms with van der Waals surface area (Å²) in [4.78, 5) is 27.7. The van der Waals surface area contributed by atoms with Crippen LogP contribution >= 0.6 is 23.2 Å². The topological polar surface area (TPSA) is 58.6 Å². The average molecular weight is 479 g/mol. The van der Waals surface area contributed by atoms with E-state index in [1.54, 1.807) is 29.2 Å². The number of ether oxygens (including phenoxy) is 1. The van der Waals surface area contributed by atoms with Gasteiger partial charge in [-0.3, -0.25) is 9.59 Å². The van der Waals surface area contributed by atoms with E-state index in [4.69, 9.17) is 27.9 Å². The first-order valence-corrected chi connectivity index (χ1v) is 11.7. The minimum absolute atomic E-state index is 0.151. The molecule has 0 aliphatic heterocycles. The zero-order chi connectivity index (χ0) is 23.7. The number of carbonyl (C=O) groups excluding carboxylic acids is 2. The smallest absolute Gasteiger partial charge is 0.261 e. The number of halogens is 2. The van der Waals surface area contributed by atoms with Crippen LogP contribution in [0.3, 0.4) is 0 Å². The molecule has 7 heteroatoms. The molecule has 174 valence electrons. The Morgan fingerprint density at radius 3 is 2.25 bits per heavy atom. The SMILES string of the molecule is CCCCNC(=O)C(CC)N(Cc1ccc(Cl)cc1)C(=O)COc1cc(C)c(Cl)c(C)c1. The van der Waals surface area contributed by atoms with Crippen molar-refractivity contribution in [1.29, 1.82) is 0 Å². The van der Waals surface area contributed by atoms with Crippen molar-refractivity contribution >= 4 is 35.0 Å². The van der Waals surface area contributed by atoms with Gasteiger partial charge in [0, 0.05) is 23.1 Å². The minimum Gasteiger partial charge on any atom is -0.484 e. The fourth-order valence-corrected chi connectivity index (χ4v) is 3.66. The van der Waals surface area contributed by atoms with E-state index in [0.29, 0.717) is 28.8 Å². The predicted molar refractivity (Wildman–Crippen MR) is 130 cm³/mol. The fraction of sp³-hybridized carbons (Fsp3) is 0.440. The van der Waals surface area contributed by atoms with Gasteiger partial charge in [0.2, 0.25) is 5.91 Å². The molecule has 0 heterocycles. The highest BCUT2D eigenvalue weighted by Gasteiger charge is 2.28. The monoisotopic (exact) mass is 478 g/mol. The van der Waals surface area contributed by atoms with E-state index in [2.05, 4.69) is 12.2 Å². The highest BCUT2D eigenvalue weighted by atomic mass is 35.5. The van der Waals surface area contributed by atoms with Gasteiger partial charge in [0.1, 0.15) is 11.8 Å². The van der Waals surface area contributed by atoms with E-state index in [1.165, 1.54) is 0 Å². The zero-order valence-corrected chi connectivity index (χ0v) is 20.7. The molecule has 1 atom stereocenters. The molecule has 1 N–H and O–H groups in total. The van der Waals surface area contributed by atoms with Crippen molar-refractivity contribution in [2.75, 3.05) is 13.2 Å². The van der Waals surface area contributed by atoms with Gasteiger partial charge in [0.15, 0.2) is 6.61 Å². The van der Waals surface area contributed by atoms with Gasteiger partial charge < -0.3 is 15.0 Å². The number of hydrogen-bond acceptors (Lipinski definition) is 3. The Kier molecular flexibility index (Phi) is 10.3. The normalized spacial score (nSPS) is 11.7. The van der Waals surface area contributed by atoms with Crippen LogP contribution in [0.25, 0.3) is 0 Å². The lowest BCUT2D eigenvalue weighted by atomic mass is 10.1. The Labute approximate surface area is 201 Å². The summed E-state index contributed by atoms with van der Waals surface area (Å²) in [7, 11) is 0. The summed E-state index contributed by atoms with van der Waals surface area (Å²) < 4.78 is 5.79. The maximum atomic E-state index is 13.2. The lowest BCUT2D eigenvalue weighted by Crippen LogP contribution is -2.50. The van der Waals surface area contributed by atoms with Gasteiger partial charge in [0.05, 0.1) is 0 Å². The van der Waals surface area contributed by atoms with E-state index >= 15 is 0 Å². The molecule has 0 aromatic heterocycles. The molecular weight excluding hydrogens is 447 g/mol. The van der Waals surface area contributed by atoms with Gasteiger partial charge in [-0.1, -0.05) is 55.6 Å². The van der Waals surface area contributed by atoms with Crippen molar-refractivity contribution in [3.05, 3.63) is 63.1 Å². The highest BCUT2D eigenvalue weighted by Crippen LogP contribution is 2.26. The van der Waals surface area contributed by atoms with E-state index in [9.17, 15) is 9.59 Å². The molecular formula is C25H32Cl2N2O3. The number of hydrogen-bond donors (Lipinski definition) is 1. The predicted octanol–water partition coefficient (Wildman–Crippen LogP) is 5.71. The highest BCUT2D eigenvalue weighted by molar-refractivity contribution is 6.32. The van der Waals surface area contributed by atoms with Crippen molar-refractivity contribution in [2.45, 2.75) is 59.5 Å². The van der Waals surface area contributed by atoms with Gasteiger partial charge in [-0.2, -0.15) is 0 Å². The lowest BCUT2D eigenvalue weighted by Gasteiger charge is -2.30. The van der Waals surface area contributed by atoms with Crippen LogP contribution in [0.15, 0.2) is 36.4 Å². The molecule has 0 bridgehead atoms. The second-order valence-electron chi connectivity index (χ2n) is 7.88. The van der Waals surface area contributed by atoms with Crippen LogP contribution in [0, 0.1) is 13.8 Å². The Bertz CT molecular complexity index is 893. The molecule has 1 unspecified atom stereocenters. The van der Waals surface area contributed by atoms with Crippen molar-refractivity contribution in [2.24, 2.45) is 0 Å². The maximum Gasteiger partial charge on any atom is 0.261 e. The van der Waals surface area contributed by atoms with Crippen molar-refractivity contribution in [1.82, 2.24) is 10.2 Å². The summed E-state index contributed by atoms with van der Waals surface area (Å²) >= 11 is 12.2. The van der Waals surface area contributed by atoms with Gasteiger partial charge in [0.25, 0.3) is 5.91 Å². The number of rotatable bonds is 11. The van der Waals surface area contributed by atoms with Crippen LogP contribution in [0.1, 0.15) is 49.8 Å². The van der Waals surface area contributed by atoms with Crippen LogP contribution in [0.5, 0.6) is 5.75 Å². The second kappa shape index (κ2) is 12.7. The van der Waals surface area contributed by atoms with Gasteiger partial charge in [-0.15, -0.1) is 0 Å². The van der Waals surface area contributed by atoms with Crippen LogP contribution in [-0.2, 0) is 16.1 Å². The molecule has 0 saturated heterocycles. The van der Waals surface area contributed by atoms with E-state index in [0.717, 1.165) is 29.5 Å².